The molecule has 0 spiro atoms. The van der Waals surface area contributed by atoms with Crippen molar-refractivity contribution in [2.45, 2.75) is 11.7 Å². The number of rotatable bonds is 1. The molecule has 1 saturated heterocycles. The van der Waals surface area contributed by atoms with Crippen molar-refractivity contribution in [1.29, 1.82) is 0 Å². The lowest BCUT2D eigenvalue weighted by atomic mass is 10.2. The minimum Gasteiger partial charge on any atom is -0.347 e. The molecule has 1 atom stereocenters. The first kappa shape index (κ1) is 5.35. The van der Waals surface area contributed by atoms with Crippen LogP contribution in [0.25, 0.3) is 0 Å². The summed E-state index contributed by atoms with van der Waals surface area (Å²) in [6.07, 6.45) is 3.64. The fourth-order valence-electron chi connectivity index (χ4n) is 0.809. The molecule has 2 heterocycles. The van der Waals surface area contributed by atoms with Gasteiger partial charge in [0.25, 0.3) is 0 Å². The van der Waals surface area contributed by atoms with E-state index in [1.54, 1.807) is 6.33 Å². The molecule has 1 aromatic rings. The Balaban J connectivity index is 2.34. The maximum absolute atomic E-state index is 3.96. The van der Waals surface area contributed by atoms with E-state index < -0.39 is 0 Å². The second-order valence-electron chi connectivity index (χ2n) is 2.48. The van der Waals surface area contributed by atoms with Gasteiger partial charge in [0.2, 0.25) is 0 Å². The molecule has 1 aliphatic heterocycles. The van der Waals surface area contributed by atoms with Crippen LogP contribution in [0.3, 0.4) is 0 Å². The summed E-state index contributed by atoms with van der Waals surface area (Å²) < 4.78 is 0.372. The molecule has 48 valence electrons. The molecule has 0 bridgehead atoms. The smallest absolute Gasteiger partial charge is 0.0922 e. The van der Waals surface area contributed by atoms with Crippen LogP contribution in [-0.2, 0) is 4.75 Å². The van der Waals surface area contributed by atoms with E-state index in [0.717, 1.165) is 0 Å². The summed E-state index contributed by atoms with van der Waals surface area (Å²) in [6, 6.07) is 0. The highest BCUT2D eigenvalue weighted by atomic mass is 32.2. The van der Waals surface area contributed by atoms with Crippen LogP contribution in [0.4, 0.5) is 0 Å². The second kappa shape index (κ2) is 1.53. The van der Waals surface area contributed by atoms with Gasteiger partial charge in [-0.2, -0.15) is 0 Å². The molecular weight excluding hydrogens is 132 g/mol. The maximum atomic E-state index is 3.96. The maximum Gasteiger partial charge on any atom is 0.0922 e. The molecular formula is C6H8N2S. The van der Waals surface area contributed by atoms with E-state index in [1.165, 1.54) is 11.4 Å². The van der Waals surface area contributed by atoms with Crippen LogP contribution in [0.15, 0.2) is 12.5 Å². The summed E-state index contributed by atoms with van der Waals surface area (Å²) in [5.74, 6) is 1.23. The van der Waals surface area contributed by atoms with Crippen molar-refractivity contribution in [2.24, 2.45) is 0 Å². The third-order valence-corrected chi connectivity index (χ3v) is 3.02. The van der Waals surface area contributed by atoms with Crippen molar-refractivity contribution in [1.82, 2.24) is 9.97 Å². The largest absolute Gasteiger partial charge is 0.347 e. The van der Waals surface area contributed by atoms with Crippen molar-refractivity contribution in [2.75, 3.05) is 5.75 Å². The van der Waals surface area contributed by atoms with Gasteiger partial charge in [0.15, 0.2) is 0 Å². The minimum atomic E-state index is 0.372. The van der Waals surface area contributed by atoms with E-state index in [-0.39, 0.29) is 0 Å². The Morgan fingerprint density at radius 3 is 3.11 bits per heavy atom. The molecule has 1 aliphatic rings. The average Bonchev–Trinajstić information content (AvgIpc) is 2.46. The second-order valence-corrected chi connectivity index (χ2v) is 3.96. The quantitative estimate of drug-likeness (QED) is 0.597. The molecule has 0 aromatic carbocycles. The first-order valence-electron chi connectivity index (χ1n) is 2.94. The molecule has 0 radical (unpaired) electrons. The summed E-state index contributed by atoms with van der Waals surface area (Å²) in [7, 11) is 0. The zero-order valence-corrected chi connectivity index (χ0v) is 6.03. The van der Waals surface area contributed by atoms with Gasteiger partial charge in [0, 0.05) is 11.9 Å². The number of thioether (sulfide) groups is 1. The van der Waals surface area contributed by atoms with Crippen molar-refractivity contribution >= 4 is 11.8 Å². The van der Waals surface area contributed by atoms with Crippen molar-refractivity contribution < 1.29 is 0 Å². The number of nitrogens with zero attached hydrogens (tertiary/aromatic N) is 1. The Labute approximate surface area is 58.1 Å². The average molecular weight is 140 g/mol. The first-order chi connectivity index (χ1) is 4.31. The van der Waals surface area contributed by atoms with Gasteiger partial charge in [-0.25, -0.2) is 4.98 Å². The number of hydrogen-bond donors (Lipinski definition) is 1. The Morgan fingerprint density at radius 1 is 1.89 bits per heavy atom. The van der Waals surface area contributed by atoms with E-state index in [9.17, 15) is 0 Å². The minimum absolute atomic E-state index is 0.372. The number of H-pyrrole nitrogens is 1. The third kappa shape index (κ3) is 0.758. The van der Waals surface area contributed by atoms with Crippen molar-refractivity contribution in [3.05, 3.63) is 18.2 Å². The predicted octanol–water partition coefficient (Wildman–Crippen LogP) is 1.37. The Hall–Kier alpha value is -0.440. The summed E-state index contributed by atoms with van der Waals surface area (Å²) in [6.45, 7) is 2.23. The van der Waals surface area contributed by atoms with Crippen LogP contribution >= 0.6 is 11.8 Å². The lowest BCUT2D eigenvalue weighted by Gasteiger charge is -1.98. The molecule has 1 unspecified atom stereocenters. The topological polar surface area (TPSA) is 28.7 Å². The van der Waals surface area contributed by atoms with Gasteiger partial charge in [-0.3, -0.25) is 0 Å². The van der Waals surface area contributed by atoms with Gasteiger partial charge in [0.05, 0.1) is 16.8 Å². The molecule has 1 aromatic heterocycles. The zero-order chi connectivity index (χ0) is 6.32. The molecule has 1 fully saturated rings. The van der Waals surface area contributed by atoms with Gasteiger partial charge in [0.1, 0.15) is 0 Å². The highest BCUT2D eigenvalue weighted by Gasteiger charge is 2.41. The fraction of sp³-hybridized carbons (Fsp3) is 0.500. The number of imidazole rings is 1. The zero-order valence-electron chi connectivity index (χ0n) is 5.22. The molecule has 9 heavy (non-hydrogen) atoms. The Morgan fingerprint density at radius 2 is 2.67 bits per heavy atom. The van der Waals surface area contributed by atoms with E-state index in [4.69, 9.17) is 0 Å². The van der Waals surface area contributed by atoms with E-state index in [2.05, 4.69) is 16.9 Å². The summed E-state index contributed by atoms with van der Waals surface area (Å²) >= 11 is 1.96. The van der Waals surface area contributed by atoms with E-state index >= 15 is 0 Å². The molecule has 2 rings (SSSR count). The van der Waals surface area contributed by atoms with Crippen LogP contribution in [0.1, 0.15) is 12.6 Å². The van der Waals surface area contributed by atoms with Crippen LogP contribution in [0.5, 0.6) is 0 Å². The van der Waals surface area contributed by atoms with Crippen LogP contribution in [-0.4, -0.2) is 15.7 Å². The lowest BCUT2D eigenvalue weighted by Crippen LogP contribution is -1.99. The third-order valence-electron chi connectivity index (χ3n) is 1.65. The number of aromatic amines is 1. The van der Waals surface area contributed by atoms with Crippen LogP contribution in [0, 0.1) is 0 Å². The van der Waals surface area contributed by atoms with Crippen molar-refractivity contribution in [3.8, 4) is 0 Å². The van der Waals surface area contributed by atoms with Crippen molar-refractivity contribution in [3.63, 3.8) is 0 Å². The van der Waals surface area contributed by atoms with Crippen LogP contribution in [0.2, 0.25) is 0 Å². The molecule has 3 heteroatoms. The van der Waals surface area contributed by atoms with Gasteiger partial charge in [-0.1, -0.05) is 0 Å². The van der Waals surface area contributed by atoms with Gasteiger partial charge in [-0.05, 0) is 6.92 Å². The first-order valence-corrected chi connectivity index (χ1v) is 3.93. The number of nitrogens with one attached hydrogen (secondary N) is 1. The number of hydrogen-bond acceptors (Lipinski definition) is 2. The summed E-state index contributed by atoms with van der Waals surface area (Å²) in [4.78, 5) is 7.07. The van der Waals surface area contributed by atoms with Gasteiger partial charge < -0.3 is 4.98 Å². The highest BCUT2D eigenvalue weighted by molar-refractivity contribution is 8.07. The monoisotopic (exact) mass is 140 g/mol. The predicted molar refractivity (Wildman–Crippen MR) is 38.4 cm³/mol. The summed E-state index contributed by atoms with van der Waals surface area (Å²) in [5, 5.41) is 0. The van der Waals surface area contributed by atoms with Crippen LogP contribution < -0.4 is 0 Å². The fourth-order valence-corrected chi connectivity index (χ4v) is 1.45. The van der Waals surface area contributed by atoms with E-state index in [1.807, 2.05) is 18.0 Å². The molecule has 2 nitrogen and oxygen atoms in total. The van der Waals surface area contributed by atoms with Gasteiger partial charge in [-0.15, -0.1) is 11.8 Å². The molecule has 0 saturated carbocycles. The molecule has 0 aliphatic carbocycles. The molecule has 0 amide bonds. The Kier molecular flexibility index (Phi) is 0.913. The Bertz CT molecular complexity index is 201. The highest BCUT2D eigenvalue weighted by Crippen LogP contribution is 2.51. The van der Waals surface area contributed by atoms with E-state index in [0.29, 0.717) is 4.75 Å². The summed E-state index contributed by atoms with van der Waals surface area (Å²) in [5.41, 5.74) is 1.26. The number of aromatic nitrogens is 2. The SMILES string of the molecule is CC1(c2cnc[nH]2)CS1. The standard InChI is InChI=1S/C6H8N2S/c1-6(3-9-6)5-2-7-4-8-5/h2,4H,3H2,1H3,(H,7,8). The normalized spacial score (nSPS) is 32.6. The van der Waals surface area contributed by atoms with Gasteiger partial charge >= 0.3 is 0 Å². The lowest BCUT2D eigenvalue weighted by molar-refractivity contribution is 0.849. The molecule has 1 N–H and O–H groups in total.